The van der Waals surface area contributed by atoms with Gasteiger partial charge in [-0.25, -0.2) is 9.97 Å². The predicted octanol–water partition coefficient (Wildman–Crippen LogP) is 2.54. The van der Waals surface area contributed by atoms with Crippen molar-refractivity contribution >= 4 is 11.8 Å². The first-order valence-electron chi connectivity index (χ1n) is 6.07. The zero-order chi connectivity index (χ0) is 13.0. The average Bonchev–Trinajstić information content (AvgIpc) is 2.85. The number of aryl methyl sites for hydroxylation is 1. The number of imidazole rings is 1. The number of nitrogens with one attached hydrogen (secondary N) is 1. The largest absolute Gasteiger partial charge is 0.339 e. The summed E-state index contributed by atoms with van der Waals surface area (Å²) in [7, 11) is 0. The number of aromatic nitrogens is 3. The van der Waals surface area contributed by atoms with Crippen LogP contribution in [0.3, 0.4) is 0 Å². The minimum Gasteiger partial charge on any atom is -0.339 e. The van der Waals surface area contributed by atoms with E-state index in [0.717, 1.165) is 28.6 Å². The summed E-state index contributed by atoms with van der Waals surface area (Å²) in [5, 5.41) is 1.85. The lowest BCUT2D eigenvalue weighted by molar-refractivity contribution is 0.644. The van der Waals surface area contributed by atoms with Gasteiger partial charge in [-0.15, -0.1) is 0 Å². The van der Waals surface area contributed by atoms with Gasteiger partial charge in [0, 0.05) is 24.6 Å². The maximum Gasteiger partial charge on any atom is 0.171 e. The molecule has 0 saturated carbocycles. The van der Waals surface area contributed by atoms with Crippen LogP contribution in [-0.2, 0) is 6.42 Å². The molecule has 0 spiro atoms. The first-order valence-corrected chi connectivity index (χ1v) is 6.89. The quantitative estimate of drug-likeness (QED) is 0.869. The molecule has 0 aliphatic heterocycles. The Balaban J connectivity index is 2.10. The van der Waals surface area contributed by atoms with E-state index in [1.54, 1.807) is 18.0 Å². The first-order chi connectivity index (χ1) is 8.69. The number of nitrogens with two attached hydrogens (primary N) is 1. The molecule has 2 aromatic heterocycles. The van der Waals surface area contributed by atoms with Gasteiger partial charge in [0.15, 0.2) is 5.16 Å². The van der Waals surface area contributed by atoms with E-state index in [4.69, 9.17) is 5.73 Å². The normalized spacial score (nSPS) is 12.6. The molecule has 0 radical (unpaired) electrons. The Labute approximate surface area is 111 Å². The van der Waals surface area contributed by atoms with Gasteiger partial charge >= 0.3 is 0 Å². The van der Waals surface area contributed by atoms with E-state index in [1.165, 1.54) is 5.56 Å². The van der Waals surface area contributed by atoms with Gasteiger partial charge in [-0.2, -0.15) is 0 Å². The van der Waals surface area contributed by atoms with Crippen molar-refractivity contribution in [3.8, 4) is 0 Å². The number of hydrogen-bond donors (Lipinski definition) is 2. The van der Waals surface area contributed by atoms with Crippen LogP contribution in [0.5, 0.6) is 0 Å². The van der Waals surface area contributed by atoms with Crippen molar-refractivity contribution in [1.82, 2.24) is 15.0 Å². The highest BCUT2D eigenvalue weighted by Gasteiger charge is 2.07. The van der Waals surface area contributed by atoms with E-state index in [9.17, 15) is 0 Å². The summed E-state index contributed by atoms with van der Waals surface area (Å²) in [6.45, 7) is 4.17. The average molecular weight is 262 g/mol. The number of H-pyrrole nitrogens is 1. The molecule has 0 aliphatic carbocycles. The number of aromatic amines is 1. The fourth-order valence-corrected chi connectivity index (χ4v) is 2.43. The zero-order valence-electron chi connectivity index (χ0n) is 10.7. The predicted molar refractivity (Wildman–Crippen MR) is 73.7 cm³/mol. The summed E-state index contributed by atoms with van der Waals surface area (Å²) in [6, 6.07) is 2.38. The number of nitrogens with zero attached hydrogens (tertiary/aromatic N) is 2. The molecule has 0 fully saturated rings. The standard InChI is InChI=1S/C13H18N4S/c1-3-11(14)7-10-6-9(2)12(17-8-10)18-13-15-4-5-16-13/h4-6,8,11H,3,7,14H2,1-2H3,(H,15,16). The topological polar surface area (TPSA) is 67.6 Å². The third-order valence-electron chi connectivity index (χ3n) is 2.78. The summed E-state index contributed by atoms with van der Waals surface area (Å²) >= 11 is 1.55. The molecular formula is C13H18N4S. The summed E-state index contributed by atoms with van der Waals surface area (Å²) in [5.41, 5.74) is 8.32. The Morgan fingerprint density at radius 1 is 1.44 bits per heavy atom. The molecule has 2 aromatic rings. The van der Waals surface area contributed by atoms with Crippen LogP contribution in [0.15, 0.2) is 34.8 Å². The lowest BCUT2D eigenvalue weighted by Gasteiger charge is -2.10. The molecular weight excluding hydrogens is 244 g/mol. The van der Waals surface area contributed by atoms with Crippen molar-refractivity contribution in [2.45, 2.75) is 42.9 Å². The molecule has 2 heterocycles. The van der Waals surface area contributed by atoms with Gasteiger partial charge in [-0.1, -0.05) is 13.0 Å². The van der Waals surface area contributed by atoms with Crippen molar-refractivity contribution in [3.05, 3.63) is 35.8 Å². The Bertz CT molecular complexity index is 496. The highest BCUT2D eigenvalue weighted by Crippen LogP contribution is 2.25. The molecule has 1 atom stereocenters. The van der Waals surface area contributed by atoms with Crippen LogP contribution in [0.2, 0.25) is 0 Å². The van der Waals surface area contributed by atoms with Gasteiger partial charge in [-0.05, 0) is 42.7 Å². The van der Waals surface area contributed by atoms with Gasteiger partial charge in [0.2, 0.25) is 0 Å². The van der Waals surface area contributed by atoms with Gasteiger partial charge in [0.25, 0.3) is 0 Å². The van der Waals surface area contributed by atoms with Crippen LogP contribution in [0.25, 0.3) is 0 Å². The molecule has 0 amide bonds. The molecule has 1 unspecified atom stereocenters. The fourth-order valence-electron chi connectivity index (χ4n) is 1.68. The molecule has 4 nitrogen and oxygen atoms in total. The number of rotatable bonds is 5. The van der Waals surface area contributed by atoms with Crippen molar-refractivity contribution < 1.29 is 0 Å². The number of pyridine rings is 1. The Hall–Kier alpha value is -1.33. The van der Waals surface area contributed by atoms with Gasteiger partial charge in [-0.3, -0.25) is 0 Å². The second-order valence-corrected chi connectivity index (χ2v) is 5.31. The summed E-state index contributed by atoms with van der Waals surface area (Å²) < 4.78 is 0. The van der Waals surface area contributed by atoms with E-state index >= 15 is 0 Å². The maximum atomic E-state index is 5.95. The van der Waals surface area contributed by atoms with Crippen LogP contribution in [0, 0.1) is 6.92 Å². The molecule has 18 heavy (non-hydrogen) atoms. The molecule has 0 saturated heterocycles. The van der Waals surface area contributed by atoms with Crippen LogP contribution in [-0.4, -0.2) is 21.0 Å². The Kier molecular flexibility index (Phi) is 4.38. The third kappa shape index (κ3) is 3.34. The van der Waals surface area contributed by atoms with Crippen LogP contribution < -0.4 is 5.73 Å². The van der Waals surface area contributed by atoms with Gasteiger partial charge in [0.1, 0.15) is 5.03 Å². The molecule has 0 aliphatic rings. The van der Waals surface area contributed by atoms with Crippen LogP contribution >= 0.6 is 11.8 Å². The first kappa shape index (κ1) is 13.1. The number of hydrogen-bond acceptors (Lipinski definition) is 4. The molecule has 3 N–H and O–H groups in total. The lowest BCUT2D eigenvalue weighted by atomic mass is 10.1. The van der Waals surface area contributed by atoms with Crippen LogP contribution in [0.1, 0.15) is 24.5 Å². The van der Waals surface area contributed by atoms with Gasteiger partial charge < -0.3 is 10.7 Å². The molecule has 0 aromatic carbocycles. The Morgan fingerprint density at radius 2 is 2.28 bits per heavy atom. The minimum atomic E-state index is 0.217. The second-order valence-electron chi connectivity index (χ2n) is 4.33. The maximum absolute atomic E-state index is 5.95. The molecule has 2 rings (SSSR count). The Morgan fingerprint density at radius 3 is 2.89 bits per heavy atom. The summed E-state index contributed by atoms with van der Waals surface area (Å²) in [5.74, 6) is 0. The summed E-state index contributed by atoms with van der Waals surface area (Å²) in [4.78, 5) is 11.7. The highest BCUT2D eigenvalue weighted by molar-refractivity contribution is 7.99. The van der Waals surface area contributed by atoms with Crippen molar-refractivity contribution in [2.24, 2.45) is 5.73 Å². The highest BCUT2D eigenvalue weighted by atomic mass is 32.2. The SMILES string of the molecule is CCC(N)Cc1cnc(Sc2ncc[nH]2)c(C)c1. The third-order valence-corrected chi connectivity index (χ3v) is 3.81. The second kappa shape index (κ2) is 6.02. The molecule has 96 valence electrons. The van der Waals surface area contributed by atoms with Crippen molar-refractivity contribution in [1.29, 1.82) is 0 Å². The van der Waals surface area contributed by atoms with E-state index in [-0.39, 0.29) is 6.04 Å². The fraction of sp³-hybridized carbons (Fsp3) is 0.385. The molecule has 5 heteroatoms. The van der Waals surface area contributed by atoms with E-state index in [0.29, 0.717) is 0 Å². The van der Waals surface area contributed by atoms with Gasteiger partial charge in [0.05, 0.1) is 0 Å². The minimum absolute atomic E-state index is 0.217. The van der Waals surface area contributed by atoms with E-state index in [1.807, 2.05) is 12.4 Å². The van der Waals surface area contributed by atoms with E-state index in [2.05, 4.69) is 34.9 Å². The smallest absolute Gasteiger partial charge is 0.171 e. The van der Waals surface area contributed by atoms with Crippen molar-refractivity contribution in [2.75, 3.05) is 0 Å². The zero-order valence-corrected chi connectivity index (χ0v) is 11.5. The lowest BCUT2D eigenvalue weighted by Crippen LogP contribution is -2.21. The van der Waals surface area contributed by atoms with E-state index < -0.39 is 0 Å². The van der Waals surface area contributed by atoms with Crippen LogP contribution in [0.4, 0.5) is 0 Å². The summed E-state index contributed by atoms with van der Waals surface area (Å²) in [6.07, 6.45) is 7.34. The molecule has 0 bridgehead atoms. The monoisotopic (exact) mass is 262 g/mol. The van der Waals surface area contributed by atoms with Crippen molar-refractivity contribution in [3.63, 3.8) is 0 Å².